The van der Waals surface area contributed by atoms with Gasteiger partial charge in [0.05, 0.1) is 19.3 Å². The maximum absolute atomic E-state index is 9.93. The van der Waals surface area contributed by atoms with Crippen LogP contribution >= 0.6 is 0 Å². The van der Waals surface area contributed by atoms with Crippen LogP contribution in [0.1, 0.15) is 46.0 Å². The van der Waals surface area contributed by atoms with Crippen LogP contribution in [0, 0.1) is 11.8 Å². The van der Waals surface area contributed by atoms with Crippen molar-refractivity contribution in [2.24, 2.45) is 11.8 Å². The number of aliphatic hydroxyl groups is 1. The van der Waals surface area contributed by atoms with Gasteiger partial charge in [-0.1, -0.05) is 13.8 Å². The van der Waals surface area contributed by atoms with Gasteiger partial charge in [-0.15, -0.1) is 0 Å². The van der Waals surface area contributed by atoms with Crippen LogP contribution in [-0.2, 0) is 9.47 Å². The SMILES string of the molecule is CC(C)C(O)CC1CCCC2(C1)OCCO2. The lowest BCUT2D eigenvalue weighted by atomic mass is 9.80. The van der Waals surface area contributed by atoms with E-state index in [0.717, 1.165) is 38.9 Å². The van der Waals surface area contributed by atoms with Crippen molar-refractivity contribution in [3.8, 4) is 0 Å². The average Bonchev–Trinajstić information content (AvgIpc) is 2.66. The van der Waals surface area contributed by atoms with Crippen LogP contribution in [0.4, 0.5) is 0 Å². The first-order valence-electron chi connectivity index (χ1n) is 6.57. The third-order valence-electron chi connectivity index (χ3n) is 3.93. The van der Waals surface area contributed by atoms with E-state index in [1.165, 1.54) is 6.42 Å². The predicted octanol–water partition coefficient (Wildman–Crippen LogP) is 2.33. The minimum atomic E-state index is -0.292. The fraction of sp³-hybridized carbons (Fsp3) is 1.00. The second-order valence-corrected chi connectivity index (χ2v) is 5.62. The highest BCUT2D eigenvalue weighted by Crippen LogP contribution is 2.40. The molecule has 2 aliphatic rings. The summed E-state index contributed by atoms with van der Waals surface area (Å²) in [5.74, 6) is 0.618. The lowest BCUT2D eigenvalue weighted by molar-refractivity contribution is -0.189. The quantitative estimate of drug-likeness (QED) is 0.805. The summed E-state index contributed by atoms with van der Waals surface area (Å²) in [6.07, 6.45) is 5.08. The van der Waals surface area contributed by atoms with Gasteiger partial charge in [-0.05, 0) is 31.1 Å². The molecule has 2 fully saturated rings. The van der Waals surface area contributed by atoms with Gasteiger partial charge in [0.1, 0.15) is 0 Å². The summed E-state index contributed by atoms with van der Waals surface area (Å²) in [7, 11) is 0. The van der Waals surface area contributed by atoms with Crippen molar-refractivity contribution in [2.45, 2.75) is 57.8 Å². The van der Waals surface area contributed by atoms with Gasteiger partial charge in [0.15, 0.2) is 5.79 Å². The maximum atomic E-state index is 9.93. The summed E-state index contributed by atoms with van der Waals surface area (Å²) in [4.78, 5) is 0. The van der Waals surface area contributed by atoms with Gasteiger partial charge in [0, 0.05) is 12.8 Å². The number of hydrogen-bond donors (Lipinski definition) is 1. The predicted molar refractivity (Wildman–Crippen MR) is 62.1 cm³/mol. The Balaban J connectivity index is 1.87. The molecule has 94 valence electrons. The molecule has 1 N–H and O–H groups in total. The highest BCUT2D eigenvalue weighted by Gasteiger charge is 2.41. The van der Waals surface area contributed by atoms with E-state index >= 15 is 0 Å². The van der Waals surface area contributed by atoms with Crippen LogP contribution in [0.25, 0.3) is 0 Å². The molecule has 0 radical (unpaired) electrons. The fourth-order valence-corrected chi connectivity index (χ4v) is 2.88. The smallest absolute Gasteiger partial charge is 0.168 e. The molecule has 16 heavy (non-hydrogen) atoms. The molecule has 0 aromatic carbocycles. The van der Waals surface area contributed by atoms with E-state index in [1.807, 2.05) is 0 Å². The van der Waals surface area contributed by atoms with E-state index in [1.54, 1.807) is 0 Å². The Labute approximate surface area is 98.1 Å². The zero-order chi connectivity index (χ0) is 11.6. The van der Waals surface area contributed by atoms with Crippen molar-refractivity contribution in [1.82, 2.24) is 0 Å². The van der Waals surface area contributed by atoms with Gasteiger partial charge in [0.2, 0.25) is 0 Å². The second-order valence-electron chi connectivity index (χ2n) is 5.62. The van der Waals surface area contributed by atoms with Crippen molar-refractivity contribution in [1.29, 1.82) is 0 Å². The average molecular weight is 228 g/mol. The monoisotopic (exact) mass is 228 g/mol. The van der Waals surface area contributed by atoms with Crippen molar-refractivity contribution in [3.05, 3.63) is 0 Å². The zero-order valence-electron chi connectivity index (χ0n) is 10.4. The standard InChI is InChI=1S/C13H24O3/c1-10(2)12(14)8-11-4-3-5-13(9-11)15-6-7-16-13/h10-12,14H,3-9H2,1-2H3. The van der Waals surface area contributed by atoms with Gasteiger partial charge in [-0.2, -0.15) is 0 Å². The molecule has 2 atom stereocenters. The van der Waals surface area contributed by atoms with Crippen LogP contribution in [0.5, 0.6) is 0 Å². The van der Waals surface area contributed by atoms with E-state index in [0.29, 0.717) is 11.8 Å². The van der Waals surface area contributed by atoms with E-state index in [9.17, 15) is 5.11 Å². The molecule has 1 aliphatic carbocycles. The number of rotatable bonds is 3. The largest absolute Gasteiger partial charge is 0.393 e. The van der Waals surface area contributed by atoms with E-state index in [-0.39, 0.29) is 11.9 Å². The summed E-state index contributed by atoms with van der Waals surface area (Å²) < 4.78 is 11.5. The van der Waals surface area contributed by atoms with Gasteiger partial charge < -0.3 is 14.6 Å². The first kappa shape index (κ1) is 12.3. The minimum absolute atomic E-state index is 0.179. The Morgan fingerprint density at radius 3 is 2.62 bits per heavy atom. The summed E-state index contributed by atoms with van der Waals surface area (Å²) in [5, 5.41) is 9.93. The Morgan fingerprint density at radius 1 is 1.31 bits per heavy atom. The van der Waals surface area contributed by atoms with Crippen molar-refractivity contribution in [2.75, 3.05) is 13.2 Å². The van der Waals surface area contributed by atoms with E-state index in [2.05, 4.69) is 13.8 Å². The van der Waals surface area contributed by atoms with Gasteiger partial charge >= 0.3 is 0 Å². The molecule has 1 spiro atoms. The van der Waals surface area contributed by atoms with Crippen molar-refractivity contribution in [3.63, 3.8) is 0 Å². The van der Waals surface area contributed by atoms with Crippen LogP contribution in [0.2, 0.25) is 0 Å². The molecule has 0 amide bonds. The molecule has 1 saturated carbocycles. The zero-order valence-corrected chi connectivity index (χ0v) is 10.4. The first-order valence-corrected chi connectivity index (χ1v) is 6.57. The van der Waals surface area contributed by atoms with Crippen LogP contribution < -0.4 is 0 Å². The highest BCUT2D eigenvalue weighted by atomic mass is 16.7. The number of ether oxygens (including phenoxy) is 2. The number of aliphatic hydroxyl groups excluding tert-OH is 1. The Hall–Kier alpha value is -0.120. The fourth-order valence-electron chi connectivity index (χ4n) is 2.88. The summed E-state index contributed by atoms with van der Waals surface area (Å²) in [6.45, 7) is 5.62. The number of hydrogen-bond acceptors (Lipinski definition) is 3. The third kappa shape index (κ3) is 2.76. The maximum Gasteiger partial charge on any atom is 0.168 e. The topological polar surface area (TPSA) is 38.7 Å². The lowest BCUT2D eigenvalue weighted by Gasteiger charge is -2.37. The van der Waals surface area contributed by atoms with Crippen molar-refractivity contribution < 1.29 is 14.6 Å². The molecule has 2 rings (SSSR count). The van der Waals surface area contributed by atoms with E-state index in [4.69, 9.17) is 9.47 Å². The highest BCUT2D eigenvalue weighted by molar-refractivity contribution is 4.84. The Kier molecular flexibility index (Phi) is 3.88. The molecule has 2 unspecified atom stereocenters. The molecule has 0 aromatic heterocycles. The molecule has 3 nitrogen and oxygen atoms in total. The minimum Gasteiger partial charge on any atom is -0.393 e. The second kappa shape index (κ2) is 5.03. The summed E-state index contributed by atoms with van der Waals surface area (Å²) >= 11 is 0. The molecule has 0 aromatic rings. The van der Waals surface area contributed by atoms with Gasteiger partial charge in [-0.25, -0.2) is 0 Å². The molecular formula is C13H24O3. The molecule has 0 bridgehead atoms. The van der Waals surface area contributed by atoms with E-state index < -0.39 is 0 Å². The van der Waals surface area contributed by atoms with Gasteiger partial charge in [-0.3, -0.25) is 0 Å². The summed E-state index contributed by atoms with van der Waals surface area (Å²) in [6, 6.07) is 0. The normalized spacial score (nSPS) is 31.1. The molecule has 1 heterocycles. The lowest BCUT2D eigenvalue weighted by Crippen LogP contribution is -2.37. The van der Waals surface area contributed by atoms with Crippen LogP contribution in [0.15, 0.2) is 0 Å². The van der Waals surface area contributed by atoms with Gasteiger partial charge in [0.25, 0.3) is 0 Å². The molecule has 1 saturated heterocycles. The van der Waals surface area contributed by atoms with Crippen LogP contribution in [-0.4, -0.2) is 30.2 Å². The van der Waals surface area contributed by atoms with Crippen LogP contribution in [0.3, 0.4) is 0 Å². The molecule has 3 heteroatoms. The summed E-state index contributed by atoms with van der Waals surface area (Å²) in [5.41, 5.74) is 0. The molecular weight excluding hydrogens is 204 g/mol. The Morgan fingerprint density at radius 2 is 2.00 bits per heavy atom. The molecule has 1 aliphatic heterocycles. The third-order valence-corrected chi connectivity index (χ3v) is 3.93. The Bertz CT molecular complexity index is 221. The van der Waals surface area contributed by atoms with Crippen molar-refractivity contribution >= 4 is 0 Å². The first-order chi connectivity index (χ1) is 7.61.